The molecule has 1 aromatic heterocycles. The van der Waals surface area contributed by atoms with Crippen molar-refractivity contribution < 1.29 is 31.9 Å². The van der Waals surface area contributed by atoms with Crippen molar-refractivity contribution in [2.45, 2.75) is 32.1 Å². The Morgan fingerprint density at radius 1 is 1.39 bits per heavy atom. The van der Waals surface area contributed by atoms with Gasteiger partial charge in [0.05, 0.1) is 18.2 Å². The second-order valence-corrected chi connectivity index (χ2v) is 6.24. The van der Waals surface area contributed by atoms with Crippen molar-refractivity contribution in [2.75, 3.05) is 13.2 Å². The Morgan fingerprint density at radius 2 is 2.14 bits per heavy atom. The fraction of sp³-hybridized carbons (Fsp3) is 0.389. The van der Waals surface area contributed by atoms with Crippen LogP contribution in [0.15, 0.2) is 34.9 Å². The van der Waals surface area contributed by atoms with Crippen molar-refractivity contribution in [2.24, 2.45) is 0 Å². The first-order valence-corrected chi connectivity index (χ1v) is 8.60. The monoisotopic (exact) mass is 397 g/mol. The summed E-state index contributed by atoms with van der Waals surface area (Å²) < 4.78 is 49.4. The zero-order valence-electron chi connectivity index (χ0n) is 15.0. The smallest absolute Gasteiger partial charge is 0.416 e. The zero-order chi connectivity index (χ0) is 20.3. The van der Waals surface area contributed by atoms with E-state index in [-0.39, 0.29) is 42.8 Å². The maximum Gasteiger partial charge on any atom is 0.416 e. The minimum absolute atomic E-state index is 0.00299. The summed E-state index contributed by atoms with van der Waals surface area (Å²) in [6, 6.07) is 4.58. The lowest BCUT2D eigenvalue weighted by Crippen LogP contribution is -2.37. The highest BCUT2D eigenvalue weighted by atomic mass is 19.4. The van der Waals surface area contributed by atoms with Crippen LogP contribution in [-0.4, -0.2) is 40.9 Å². The van der Waals surface area contributed by atoms with E-state index < -0.39 is 23.7 Å². The topological polar surface area (TPSA) is 84.7 Å². The molecule has 0 aliphatic carbocycles. The van der Waals surface area contributed by atoms with E-state index in [1.807, 2.05) is 0 Å². The van der Waals surface area contributed by atoms with Gasteiger partial charge in [0.25, 0.3) is 5.91 Å². The molecule has 28 heavy (non-hydrogen) atoms. The highest BCUT2D eigenvalue weighted by molar-refractivity contribution is 5.93. The first kappa shape index (κ1) is 19.7. The molecule has 1 aliphatic heterocycles. The first-order chi connectivity index (χ1) is 13.3. The quantitative estimate of drug-likeness (QED) is 0.810. The Balaban J connectivity index is 1.63. The number of hydrogen-bond acceptors (Lipinski definition) is 5. The van der Waals surface area contributed by atoms with E-state index in [4.69, 9.17) is 9.15 Å². The maximum atomic E-state index is 13.1. The van der Waals surface area contributed by atoms with E-state index in [1.165, 1.54) is 23.1 Å². The number of halogens is 3. The molecule has 7 nitrogen and oxygen atoms in total. The number of ether oxygens (including phenoxy) is 1. The van der Waals surface area contributed by atoms with Crippen molar-refractivity contribution >= 4 is 11.8 Å². The van der Waals surface area contributed by atoms with Crippen molar-refractivity contribution in [3.63, 3.8) is 0 Å². The average Bonchev–Trinajstić information content (AvgIpc) is 3.22. The van der Waals surface area contributed by atoms with E-state index in [9.17, 15) is 22.8 Å². The summed E-state index contributed by atoms with van der Waals surface area (Å²) in [5.74, 6) is -0.887. The molecule has 0 saturated carbocycles. The van der Waals surface area contributed by atoms with Gasteiger partial charge in [0.15, 0.2) is 5.69 Å². The predicted molar refractivity (Wildman–Crippen MR) is 90.4 cm³/mol. The first-order valence-electron chi connectivity index (χ1n) is 8.60. The molecule has 1 fully saturated rings. The fourth-order valence-corrected chi connectivity index (χ4v) is 2.97. The van der Waals surface area contributed by atoms with Gasteiger partial charge in [-0.1, -0.05) is 18.2 Å². The molecule has 3 rings (SSSR count). The average molecular weight is 397 g/mol. The highest BCUT2D eigenvalue weighted by Crippen LogP contribution is 2.32. The van der Waals surface area contributed by atoms with Crippen LogP contribution in [0.4, 0.5) is 13.2 Å². The van der Waals surface area contributed by atoms with Crippen LogP contribution in [0.3, 0.4) is 0 Å². The van der Waals surface area contributed by atoms with Gasteiger partial charge >= 0.3 is 12.3 Å². The molecular formula is C18H18F3N3O4. The predicted octanol–water partition coefficient (Wildman–Crippen LogP) is 2.62. The van der Waals surface area contributed by atoms with Gasteiger partial charge in [0.1, 0.15) is 6.26 Å². The molecule has 1 saturated heterocycles. The van der Waals surface area contributed by atoms with Crippen LogP contribution in [0, 0.1) is 0 Å². The van der Waals surface area contributed by atoms with Crippen LogP contribution >= 0.6 is 0 Å². The minimum Gasteiger partial charge on any atom is -0.450 e. The summed E-state index contributed by atoms with van der Waals surface area (Å²) in [6.45, 7) is 1.99. The second-order valence-electron chi connectivity index (χ2n) is 6.24. The Bertz CT molecular complexity index is 866. The number of carbonyl (C=O) groups excluding carboxylic acids is 2. The number of aromatic nitrogens is 1. The Hall–Kier alpha value is -3.04. The molecule has 1 aromatic carbocycles. The van der Waals surface area contributed by atoms with Crippen LogP contribution < -0.4 is 10.1 Å². The Labute approximate surface area is 158 Å². The third-order valence-corrected chi connectivity index (χ3v) is 4.22. The lowest BCUT2D eigenvalue weighted by molar-refractivity contribution is -0.139. The fourth-order valence-electron chi connectivity index (χ4n) is 2.97. The van der Waals surface area contributed by atoms with Gasteiger partial charge < -0.3 is 19.4 Å². The zero-order valence-corrected chi connectivity index (χ0v) is 15.0. The van der Waals surface area contributed by atoms with Crippen molar-refractivity contribution in [1.29, 1.82) is 0 Å². The molecule has 0 bridgehead atoms. The summed E-state index contributed by atoms with van der Waals surface area (Å²) >= 11 is 0. The Kier molecular flexibility index (Phi) is 5.57. The second kappa shape index (κ2) is 7.91. The van der Waals surface area contributed by atoms with Crippen molar-refractivity contribution in [3.8, 4) is 6.08 Å². The van der Waals surface area contributed by atoms with E-state index >= 15 is 0 Å². The van der Waals surface area contributed by atoms with Crippen LogP contribution in [0.5, 0.6) is 6.08 Å². The molecule has 2 aromatic rings. The van der Waals surface area contributed by atoms with Crippen LogP contribution in [0.25, 0.3) is 0 Å². The summed E-state index contributed by atoms with van der Waals surface area (Å²) in [4.78, 5) is 29.6. The molecule has 2 amide bonds. The van der Waals surface area contributed by atoms with Gasteiger partial charge in [-0.05, 0) is 18.6 Å². The summed E-state index contributed by atoms with van der Waals surface area (Å²) in [7, 11) is 0. The van der Waals surface area contributed by atoms with Crippen LogP contribution in [0.2, 0.25) is 0 Å². The van der Waals surface area contributed by atoms with Gasteiger partial charge in [0.2, 0.25) is 5.91 Å². The minimum atomic E-state index is -4.50. The number of benzene rings is 1. The van der Waals surface area contributed by atoms with Gasteiger partial charge in [0, 0.05) is 19.5 Å². The number of hydrogen-bond donors (Lipinski definition) is 1. The number of likely N-dealkylation sites (tertiary alicyclic amines) is 1. The molecule has 0 spiro atoms. The molecule has 1 N–H and O–H groups in total. The number of alkyl halides is 3. The lowest BCUT2D eigenvalue weighted by atomic mass is 10.1. The number of nitrogens with one attached hydrogen (secondary N) is 1. The molecule has 2 heterocycles. The number of carbonyl (C=O) groups is 2. The van der Waals surface area contributed by atoms with Crippen LogP contribution in [-0.2, 0) is 17.5 Å². The maximum absolute atomic E-state index is 13.1. The third-order valence-electron chi connectivity index (χ3n) is 4.22. The van der Waals surface area contributed by atoms with Gasteiger partial charge in [-0.2, -0.15) is 18.2 Å². The number of oxazole rings is 1. The summed E-state index contributed by atoms with van der Waals surface area (Å²) in [5.41, 5.74) is -0.772. The van der Waals surface area contributed by atoms with Gasteiger partial charge in [-0.15, -0.1) is 0 Å². The van der Waals surface area contributed by atoms with Crippen molar-refractivity contribution in [1.82, 2.24) is 15.2 Å². The summed E-state index contributed by atoms with van der Waals surface area (Å²) in [5, 5.41) is 2.64. The van der Waals surface area contributed by atoms with Crippen molar-refractivity contribution in [3.05, 3.63) is 47.3 Å². The lowest BCUT2D eigenvalue weighted by Gasteiger charge is -2.20. The molecule has 1 unspecified atom stereocenters. The van der Waals surface area contributed by atoms with E-state index in [1.54, 1.807) is 6.92 Å². The molecule has 0 radical (unpaired) electrons. The molecule has 10 heteroatoms. The van der Waals surface area contributed by atoms with Crippen LogP contribution in [0.1, 0.15) is 35.0 Å². The van der Waals surface area contributed by atoms with Gasteiger partial charge in [-0.25, -0.2) is 0 Å². The molecule has 1 aliphatic rings. The normalized spacial score (nSPS) is 17.1. The standard InChI is InChI=1S/C18H18F3N3O4/c1-2-27-17-23-14(10-28-17)16(26)22-12-7-15(25)24(9-12)8-11-5-3-4-6-13(11)18(19,20)21/h3-6,10,12H,2,7-9H2,1H3,(H,22,26). The highest BCUT2D eigenvalue weighted by Gasteiger charge is 2.36. The van der Waals surface area contributed by atoms with Gasteiger partial charge in [-0.3, -0.25) is 9.59 Å². The summed E-state index contributed by atoms with van der Waals surface area (Å²) in [6.07, 6.45) is -3.41. The number of rotatable bonds is 6. The Morgan fingerprint density at radius 3 is 2.86 bits per heavy atom. The molecular weight excluding hydrogens is 379 g/mol. The van der Waals surface area contributed by atoms with E-state index in [0.29, 0.717) is 6.61 Å². The van der Waals surface area contributed by atoms with E-state index in [2.05, 4.69) is 10.3 Å². The number of amides is 2. The molecule has 150 valence electrons. The SMILES string of the molecule is CCOc1nc(C(=O)NC2CC(=O)N(Cc3ccccc3C(F)(F)F)C2)co1. The largest absolute Gasteiger partial charge is 0.450 e. The third kappa shape index (κ3) is 4.44. The molecule has 1 atom stereocenters. The van der Waals surface area contributed by atoms with E-state index in [0.717, 1.165) is 12.3 Å². The number of nitrogens with zero attached hydrogens (tertiary/aromatic N) is 2.